The number of esters is 1. The summed E-state index contributed by atoms with van der Waals surface area (Å²) in [6.45, 7) is -1.55. The molecule has 0 aliphatic rings. The zero-order valence-electron chi connectivity index (χ0n) is 14.5. The van der Waals surface area contributed by atoms with Gasteiger partial charge in [0.1, 0.15) is 37.1 Å². The van der Waals surface area contributed by atoms with Crippen molar-refractivity contribution in [3.8, 4) is 11.5 Å². The monoisotopic (exact) mass is 388 g/mol. The molecule has 10 heteroatoms. The lowest BCUT2D eigenvalue weighted by Crippen LogP contribution is -2.51. The number of aromatic hydroxyl groups is 1. The van der Waals surface area contributed by atoms with Gasteiger partial charge < -0.3 is 45.2 Å². The number of ether oxygens (including phenoxy) is 2. The predicted octanol–water partition coefficient (Wildman–Crippen LogP) is -2.25. The van der Waals surface area contributed by atoms with Crippen molar-refractivity contribution in [3.63, 3.8) is 0 Å². The average molecular weight is 388 g/mol. The third kappa shape index (κ3) is 6.79. The van der Waals surface area contributed by atoms with Gasteiger partial charge in [-0.3, -0.25) is 0 Å². The molecule has 0 heterocycles. The van der Waals surface area contributed by atoms with E-state index in [0.717, 1.165) is 6.08 Å². The molecule has 0 amide bonds. The van der Waals surface area contributed by atoms with Gasteiger partial charge in [0.25, 0.3) is 0 Å². The van der Waals surface area contributed by atoms with Crippen LogP contribution in [0.15, 0.2) is 24.3 Å². The molecule has 0 radical (unpaired) electrons. The smallest absolute Gasteiger partial charge is 0.330 e. The van der Waals surface area contributed by atoms with E-state index in [0.29, 0.717) is 5.56 Å². The van der Waals surface area contributed by atoms with E-state index in [1.54, 1.807) is 0 Å². The third-order valence-electron chi connectivity index (χ3n) is 3.69. The Morgan fingerprint density at radius 2 is 1.70 bits per heavy atom. The molecule has 0 aromatic heterocycles. The fourth-order valence-electron chi connectivity index (χ4n) is 2.04. The van der Waals surface area contributed by atoms with Crippen LogP contribution in [-0.2, 0) is 9.53 Å². The lowest BCUT2D eigenvalue weighted by Gasteiger charge is -2.28. The van der Waals surface area contributed by atoms with Crippen LogP contribution in [0.2, 0.25) is 0 Å². The lowest BCUT2D eigenvalue weighted by atomic mass is 10.00. The van der Waals surface area contributed by atoms with Gasteiger partial charge in [-0.25, -0.2) is 4.79 Å². The third-order valence-corrected chi connectivity index (χ3v) is 3.69. The Morgan fingerprint density at radius 3 is 2.30 bits per heavy atom. The van der Waals surface area contributed by atoms with Gasteiger partial charge in [-0.05, 0) is 23.8 Å². The number of carbonyl (C=O) groups excluding carboxylic acids is 1. The van der Waals surface area contributed by atoms with Crippen molar-refractivity contribution in [1.29, 1.82) is 0 Å². The molecule has 1 rings (SSSR count). The molecule has 0 saturated heterocycles. The van der Waals surface area contributed by atoms with Crippen molar-refractivity contribution in [2.24, 2.45) is 0 Å². The molecule has 5 unspecified atom stereocenters. The summed E-state index contributed by atoms with van der Waals surface area (Å²) in [5.41, 5.74) is 0.527. The number of benzene rings is 1. The number of phenols is 1. The van der Waals surface area contributed by atoms with Gasteiger partial charge in [-0.15, -0.1) is 0 Å². The second-order valence-electron chi connectivity index (χ2n) is 5.68. The Bertz CT molecular complexity index is 632. The average Bonchev–Trinajstić information content (AvgIpc) is 2.68. The van der Waals surface area contributed by atoms with Crippen LogP contribution < -0.4 is 4.74 Å². The quantitative estimate of drug-likeness (QED) is 0.171. The minimum absolute atomic E-state index is 0.0681. The highest BCUT2D eigenvalue weighted by atomic mass is 16.5. The van der Waals surface area contributed by atoms with Gasteiger partial charge in [-0.2, -0.15) is 0 Å². The molecule has 0 spiro atoms. The van der Waals surface area contributed by atoms with Crippen molar-refractivity contribution in [2.45, 2.75) is 30.5 Å². The van der Waals surface area contributed by atoms with Crippen molar-refractivity contribution < 1.29 is 50.0 Å². The number of rotatable bonds is 10. The molecular formula is C17H24O10. The molecule has 10 nitrogen and oxygen atoms in total. The van der Waals surface area contributed by atoms with Crippen molar-refractivity contribution in [2.75, 3.05) is 20.3 Å². The van der Waals surface area contributed by atoms with Gasteiger partial charge in [0.15, 0.2) is 11.5 Å². The highest BCUT2D eigenvalue weighted by molar-refractivity contribution is 5.87. The summed E-state index contributed by atoms with van der Waals surface area (Å²) in [5.74, 6) is -0.721. The first-order valence-electron chi connectivity index (χ1n) is 7.94. The van der Waals surface area contributed by atoms with E-state index >= 15 is 0 Å². The number of phenolic OH excluding ortho intramolecular Hbond substituents is 1. The maximum Gasteiger partial charge on any atom is 0.330 e. The molecule has 0 aliphatic heterocycles. The molecule has 0 fully saturated rings. The second-order valence-corrected chi connectivity index (χ2v) is 5.68. The summed E-state index contributed by atoms with van der Waals surface area (Å²) in [7, 11) is 1.37. The Morgan fingerprint density at radius 1 is 1.07 bits per heavy atom. The molecule has 152 valence electrons. The van der Waals surface area contributed by atoms with E-state index in [2.05, 4.69) is 0 Å². The SMILES string of the molecule is COc1cc(C=CC(=O)OCC(O)C(O)C(O)C(O)C(O)CO)ccc1O. The molecule has 1 aromatic rings. The van der Waals surface area contributed by atoms with Crippen molar-refractivity contribution >= 4 is 12.0 Å². The molecule has 5 atom stereocenters. The highest BCUT2D eigenvalue weighted by Crippen LogP contribution is 2.26. The largest absolute Gasteiger partial charge is 0.504 e. The Hall–Kier alpha value is -2.21. The second kappa shape index (κ2) is 10.8. The molecule has 0 saturated carbocycles. The van der Waals surface area contributed by atoms with E-state index in [1.165, 1.54) is 31.4 Å². The standard InChI is InChI=1S/C17H24O10/c1-26-13-6-9(2-4-10(13)19)3-5-14(22)27-8-12(21)16(24)17(25)15(23)11(20)7-18/h2-6,11-12,15-21,23-25H,7-8H2,1H3. The molecule has 0 bridgehead atoms. The van der Waals surface area contributed by atoms with Crippen LogP contribution in [0, 0.1) is 0 Å². The zero-order valence-corrected chi connectivity index (χ0v) is 14.5. The number of aliphatic hydroxyl groups excluding tert-OH is 6. The van der Waals surface area contributed by atoms with Crippen molar-refractivity contribution in [3.05, 3.63) is 29.8 Å². The Balaban J connectivity index is 2.55. The predicted molar refractivity (Wildman–Crippen MR) is 91.8 cm³/mol. The summed E-state index contributed by atoms with van der Waals surface area (Å²) in [6.07, 6.45) is -6.86. The summed E-state index contributed by atoms with van der Waals surface area (Å²) in [6, 6.07) is 4.36. The maximum atomic E-state index is 11.7. The number of hydrogen-bond donors (Lipinski definition) is 7. The summed E-state index contributed by atoms with van der Waals surface area (Å²) in [4.78, 5) is 11.7. The fraction of sp³-hybridized carbons (Fsp3) is 0.471. The van der Waals surface area contributed by atoms with E-state index in [1.807, 2.05) is 0 Å². The summed E-state index contributed by atoms with van der Waals surface area (Å²) < 4.78 is 9.65. The maximum absolute atomic E-state index is 11.7. The first-order valence-corrected chi connectivity index (χ1v) is 7.94. The summed E-state index contributed by atoms with van der Waals surface area (Å²) >= 11 is 0. The highest BCUT2D eigenvalue weighted by Gasteiger charge is 2.34. The van der Waals surface area contributed by atoms with Gasteiger partial charge in [-0.1, -0.05) is 6.07 Å². The van der Waals surface area contributed by atoms with E-state index in [9.17, 15) is 35.4 Å². The molecular weight excluding hydrogens is 364 g/mol. The van der Waals surface area contributed by atoms with Crippen LogP contribution in [0.4, 0.5) is 0 Å². The Labute approximate surface area is 155 Å². The first kappa shape index (κ1) is 22.8. The Kier molecular flexibility index (Phi) is 9.15. The minimum atomic E-state index is -1.97. The summed E-state index contributed by atoms with van der Waals surface area (Å²) in [5, 5.41) is 65.9. The van der Waals surface area contributed by atoms with Crippen LogP contribution in [0.25, 0.3) is 6.08 Å². The zero-order chi connectivity index (χ0) is 20.6. The number of carbonyl (C=O) groups is 1. The molecule has 1 aromatic carbocycles. The molecule has 7 N–H and O–H groups in total. The molecule has 27 heavy (non-hydrogen) atoms. The van der Waals surface area contributed by atoms with Crippen LogP contribution >= 0.6 is 0 Å². The van der Waals surface area contributed by atoms with Crippen LogP contribution in [0.5, 0.6) is 11.5 Å². The van der Waals surface area contributed by atoms with E-state index < -0.39 is 49.7 Å². The van der Waals surface area contributed by atoms with Crippen LogP contribution in [0.3, 0.4) is 0 Å². The van der Waals surface area contributed by atoms with Crippen LogP contribution in [-0.4, -0.2) is 92.6 Å². The van der Waals surface area contributed by atoms with Crippen molar-refractivity contribution in [1.82, 2.24) is 0 Å². The lowest BCUT2D eigenvalue weighted by molar-refractivity contribution is -0.158. The normalized spacial score (nSPS) is 17.1. The van der Waals surface area contributed by atoms with E-state index in [4.69, 9.17) is 14.6 Å². The van der Waals surface area contributed by atoms with Gasteiger partial charge >= 0.3 is 5.97 Å². The number of aliphatic hydroxyl groups is 6. The van der Waals surface area contributed by atoms with E-state index in [-0.39, 0.29) is 11.5 Å². The van der Waals surface area contributed by atoms with Gasteiger partial charge in [0.05, 0.1) is 13.7 Å². The molecule has 0 aliphatic carbocycles. The van der Waals surface area contributed by atoms with Crippen LogP contribution in [0.1, 0.15) is 5.56 Å². The first-order chi connectivity index (χ1) is 12.7. The van der Waals surface area contributed by atoms with Gasteiger partial charge in [0, 0.05) is 6.08 Å². The fourth-order valence-corrected chi connectivity index (χ4v) is 2.04. The van der Waals surface area contributed by atoms with Gasteiger partial charge in [0.2, 0.25) is 0 Å². The topological polar surface area (TPSA) is 177 Å². The number of hydrogen-bond acceptors (Lipinski definition) is 10. The minimum Gasteiger partial charge on any atom is -0.504 e. The number of methoxy groups -OCH3 is 1.